The molecule has 2 aliphatic heterocycles. The molecule has 0 nitrogen and oxygen atoms in total. The summed E-state index contributed by atoms with van der Waals surface area (Å²) in [6.45, 7) is 10.6. The van der Waals surface area contributed by atoms with Crippen LogP contribution in [-0.4, -0.2) is 18.6 Å². The molecule has 3 heteroatoms. The van der Waals surface area contributed by atoms with Gasteiger partial charge in [-0.3, -0.25) is 0 Å². The van der Waals surface area contributed by atoms with Gasteiger partial charge in [0.25, 0.3) is 0 Å². The summed E-state index contributed by atoms with van der Waals surface area (Å²) in [6.07, 6.45) is 21.0. The maximum absolute atomic E-state index is 2.91. The number of thioether (sulfide) groups is 2. The Bertz CT molecular complexity index is 731. The van der Waals surface area contributed by atoms with Crippen molar-refractivity contribution in [1.29, 1.82) is 0 Å². The average molecular weight is 473 g/mol. The van der Waals surface area contributed by atoms with Gasteiger partial charge in [0, 0.05) is 10.5 Å². The zero-order valence-electron chi connectivity index (χ0n) is 20.3. The second kappa shape index (κ2) is 8.26. The van der Waals surface area contributed by atoms with Gasteiger partial charge in [-0.25, -0.2) is 0 Å². The molecule has 0 amide bonds. The lowest BCUT2D eigenvalue weighted by molar-refractivity contribution is 0.240. The van der Waals surface area contributed by atoms with Gasteiger partial charge in [-0.05, 0) is 76.7 Å². The smallest absolute Gasteiger partial charge is 0.0566 e. The predicted octanol–water partition coefficient (Wildman–Crippen LogP) is 9.13. The summed E-state index contributed by atoms with van der Waals surface area (Å²) in [4.78, 5) is 3.27. The minimum absolute atomic E-state index is 0.841. The first kappa shape index (κ1) is 21.9. The highest BCUT2D eigenvalue weighted by Gasteiger charge is 2.63. The molecule has 0 aromatic heterocycles. The lowest BCUT2D eigenvalue weighted by Crippen LogP contribution is -2.49. The first-order chi connectivity index (χ1) is 14.9. The number of hydrogen-bond donors (Lipinski definition) is 0. The Labute approximate surface area is 201 Å². The molecule has 0 N–H and O–H groups in total. The first-order valence-electron chi connectivity index (χ1n) is 13.7. The van der Waals surface area contributed by atoms with Crippen molar-refractivity contribution in [2.75, 3.05) is 0 Å². The van der Waals surface area contributed by atoms with E-state index in [4.69, 9.17) is 0 Å². The summed E-state index contributed by atoms with van der Waals surface area (Å²) in [5, 5.41) is 1.81. The largest absolute Gasteiger partial charge is 0.127 e. The Morgan fingerprint density at radius 3 is 1.87 bits per heavy atom. The standard InChI is InChI=1S/C28H44S2Si/c1-17-14-23-24-15-18(2)30-26(24)28(25(23)29-17)31(3,4)27-21-13-9-8-12-20(21)16-22(27)19-10-6-5-7-11-19/h14-15,19-28H,5-13,16H2,1-4H3/t20?,21?,22?,23-,24+,25?,26?,27?,28?. The van der Waals surface area contributed by atoms with Crippen LogP contribution in [0.2, 0.25) is 24.2 Å². The van der Waals surface area contributed by atoms with Crippen molar-refractivity contribution in [3.63, 3.8) is 0 Å². The number of fused-ring (bicyclic) bond motifs is 4. The maximum Gasteiger partial charge on any atom is 0.0566 e. The van der Waals surface area contributed by atoms with Crippen LogP contribution in [0, 0.1) is 35.5 Å². The predicted molar refractivity (Wildman–Crippen MR) is 142 cm³/mol. The van der Waals surface area contributed by atoms with Crippen LogP contribution in [0.5, 0.6) is 0 Å². The van der Waals surface area contributed by atoms with Gasteiger partial charge in [0.15, 0.2) is 0 Å². The minimum Gasteiger partial charge on any atom is -0.127 e. The third-order valence-corrected chi connectivity index (χ3v) is 19.1. The Morgan fingerprint density at radius 1 is 0.677 bits per heavy atom. The molecular formula is C28H44S2Si. The van der Waals surface area contributed by atoms with Crippen molar-refractivity contribution in [3.05, 3.63) is 22.0 Å². The summed E-state index contributed by atoms with van der Waals surface area (Å²) in [6, 6.07) is 0. The van der Waals surface area contributed by atoms with Gasteiger partial charge in [0.1, 0.15) is 0 Å². The van der Waals surface area contributed by atoms with E-state index in [0.29, 0.717) is 0 Å². The van der Waals surface area contributed by atoms with Crippen molar-refractivity contribution < 1.29 is 0 Å². The van der Waals surface area contributed by atoms with Gasteiger partial charge < -0.3 is 0 Å². The normalized spacial score (nSPS) is 47.7. The highest BCUT2D eigenvalue weighted by Crippen LogP contribution is 2.69. The lowest BCUT2D eigenvalue weighted by Gasteiger charge is -2.48. The van der Waals surface area contributed by atoms with E-state index in [9.17, 15) is 0 Å². The van der Waals surface area contributed by atoms with Crippen LogP contribution in [0.4, 0.5) is 0 Å². The van der Waals surface area contributed by atoms with E-state index in [2.05, 4.69) is 62.6 Å². The van der Waals surface area contributed by atoms with Crippen molar-refractivity contribution in [2.24, 2.45) is 35.5 Å². The van der Waals surface area contributed by atoms with Gasteiger partial charge in [0.2, 0.25) is 0 Å². The van der Waals surface area contributed by atoms with E-state index in [0.717, 1.165) is 57.1 Å². The Kier molecular flexibility index (Phi) is 5.83. The summed E-state index contributed by atoms with van der Waals surface area (Å²) in [5.41, 5.74) is 2.13. The molecule has 9 atom stereocenters. The van der Waals surface area contributed by atoms with E-state index in [1.807, 2.05) is 0 Å². The van der Waals surface area contributed by atoms with Crippen molar-refractivity contribution in [2.45, 2.75) is 113 Å². The molecule has 2 heterocycles. The molecule has 31 heavy (non-hydrogen) atoms. The summed E-state index contributed by atoms with van der Waals surface area (Å²) in [7, 11) is -1.43. The molecule has 6 rings (SSSR count). The third-order valence-electron chi connectivity index (χ3n) is 10.8. The van der Waals surface area contributed by atoms with Crippen LogP contribution in [0.1, 0.15) is 78.1 Å². The zero-order chi connectivity index (χ0) is 21.3. The molecule has 0 aromatic carbocycles. The molecule has 4 saturated carbocycles. The van der Waals surface area contributed by atoms with E-state index in [-0.39, 0.29) is 0 Å². The second-order valence-corrected chi connectivity index (χ2v) is 20.6. The Balaban J connectivity index is 1.36. The van der Waals surface area contributed by atoms with Crippen LogP contribution < -0.4 is 0 Å². The van der Waals surface area contributed by atoms with E-state index < -0.39 is 8.07 Å². The van der Waals surface area contributed by atoms with Crippen LogP contribution in [-0.2, 0) is 0 Å². The molecule has 0 spiro atoms. The van der Waals surface area contributed by atoms with Crippen LogP contribution in [0.25, 0.3) is 0 Å². The summed E-state index contributed by atoms with van der Waals surface area (Å²) >= 11 is 4.61. The van der Waals surface area contributed by atoms with Crippen molar-refractivity contribution in [1.82, 2.24) is 0 Å². The fourth-order valence-electron chi connectivity index (χ4n) is 9.91. The van der Waals surface area contributed by atoms with E-state index >= 15 is 0 Å². The fourth-order valence-corrected chi connectivity index (χ4v) is 20.9. The summed E-state index contributed by atoms with van der Waals surface area (Å²) < 4.78 is 0. The number of allylic oxidation sites excluding steroid dienone is 4. The monoisotopic (exact) mass is 472 g/mol. The van der Waals surface area contributed by atoms with Gasteiger partial charge in [-0.1, -0.05) is 83.0 Å². The van der Waals surface area contributed by atoms with Crippen LogP contribution >= 0.6 is 23.5 Å². The molecule has 0 saturated heterocycles. The van der Waals surface area contributed by atoms with Crippen LogP contribution in [0.15, 0.2) is 22.0 Å². The van der Waals surface area contributed by atoms with E-state index in [1.54, 1.807) is 41.9 Å². The minimum atomic E-state index is -1.43. The fraction of sp³-hybridized carbons (Fsp3) is 0.857. The quantitative estimate of drug-likeness (QED) is 0.375. The van der Waals surface area contributed by atoms with Crippen LogP contribution in [0.3, 0.4) is 0 Å². The topological polar surface area (TPSA) is 0 Å². The zero-order valence-corrected chi connectivity index (χ0v) is 22.9. The highest BCUT2D eigenvalue weighted by atomic mass is 32.2. The van der Waals surface area contributed by atoms with Gasteiger partial charge in [0.05, 0.1) is 8.07 Å². The molecule has 4 aliphatic carbocycles. The van der Waals surface area contributed by atoms with Crippen molar-refractivity contribution in [3.8, 4) is 0 Å². The second-order valence-electron chi connectivity index (χ2n) is 12.8. The number of rotatable bonds is 3. The average Bonchev–Trinajstić information content (AvgIpc) is 3.47. The third kappa shape index (κ3) is 3.52. The maximum atomic E-state index is 2.91. The Hall–Kier alpha value is 0.397. The molecule has 0 bridgehead atoms. The first-order valence-corrected chi connectivity index (χ1v) is 18.6. The van der Waals surface area contributed by atoms with Gasteiger partial charge in [-0.2, -0.15) is 0 Å². The Morgan fingerprint density at radius 2 is 1.23 bits per heavy atom. The molecule has 4 fully saturated rings. The molecule has 0 aromatic rings. The van der Waals surface area contributed by atoms with Gasteiger partial charge in [-0.15, -0.1) is 23.5 Å². The molecular weight excluding hydrogens is 429 g/mol. The molecule has 0 radical (unpaired) electrons. The molecule has 6 aliphatic rings. The molecule has 7 unspecified atom stereocenters. The molecule has 172 valence electrons. The van der Waals surface area contributed by atoms with E-state index in [1.165, 1.54) is 32.1 Å². The van der Waals surface area contributed by atoms with Crippen molar-refractivity contribution >= 4 is 31.6 Å². The summed E-state index contributed by atoms with van der Waals surface area (Å²) in [5.74, 6) is 6.05. The lowest BCUT2D eigenvalue weighted by atomic mass is 9.78. The number of hydrogen-bond acceptors (Lipinski definition) is 2. The highest BCUT2D eigenvalue weighted by molar-refractivity contribution is 8.05. The SMILES string of the molecule is CC1=C[C@@H]2C(S1)C([Si](C)(C)C1C3CCCCC3CC1C1CCCCC1)C1SC(C)=C[C@@H]12. The van der Waals surface area contributed by atoms with Gasteiger partial charge >= 0.3 is 0 Å².